The van der Waals surface area contributed by atoms with Gasteiger partial charge in [0.2, 0.25) is 11.8 Å². The van der Waals surface area contributed by atoms with Gasteiger partial charge in [-0.3, -0.25) is 9.59 Å². The van der Waals surface area contributed by atoms with Crippen LogP contribution in [0.3, 0.4) is 0 Å². The van der Waals surface area contributed by atoms with E-state index >= 15 is 8.78 Å². The number of nitrogens with zero attached hydrogens (tertiary/aromatic N) is 3. The average molecular weight is 612 g/mol. The molecular weight excluding hydrogens is 572 g/mol. The van der Waals surface area contributed by atoms with Gasteiger partial charge < -0.3 is 19.1 Å². The lowest BCUT2D eigenvalue weighted by molar-refractivity contribution is -0.160. The van der Waals surface area contributed by atoms with Gasteiger partial charge in [0.05, 0.1) is 37.0 Å². The molecule has 0 N–H and O–H groups in total. The van der Waals surface area contributed by atoms with E-state index in [4.69, 9.17) is 14.2 Å². The molecule has 0 unspecified atom stereocenters. The first kappa shape index (κ1) is 30.4. The van der Waals surface area contributed by atoms with Gasteiger partial charge in [-0.1, -0.05) is 39.0 Å². The summed E-state index contributed by atoms with van der Waals surface area (Å²) in [6, 6.07) is 5.66. The predicted octanol–water partition coefficient (Wildman–Crippen LogP) is 5.21. The van der Waals surface area contributed by atoms with E-state index in [1.54, 1.807) is 24.3 Å². The van der Waals surface area contributed by atoms with Crippen LogP contribution in [0, 0.1) is 29.1 Å². The van der Waals surface area contributed by atoms with E-state index in [1.807, 2.05) is 20.8 Å². The monoisotopic (exact) mass is 611 g/mol. The quantitative estimate of drug-likeness (QED) is 0.320. The van der Waals surface area contributed by atoms with E-state index in [1.165, 1.54) is 18.1 Å². The van der Waals surface area contributed by atoms with Crippen molar-refractivity contribution in [2.45, 2.75) is 83.5 Å². The molecule has 2 aliphatic heterocycles. The number of allylic oxidation sites excluding steroid dienone is 2. The molecule has 2 aliphatic carbocycles. The van der Waals surface area contributed by atoms with E-state index < -0.39 is 52.9 Å². The number of esters is 2. The third-order valence-electron chi connectivity index (χ3n) is 9.68. The zero-order valence-corrected chi connectivity index (χ0v) is 25.5. The summed E-state index contributed by atoms with van der Waals surface area (Å²) >= 11 is 0. The van der Waals surface area contributed by atoms with Crippen molar-refractivity contribution in [1.29, 1.82) is 0 Å². The predicted molar refractivity (Wildman–Crippen MR) is 156 cm³/mol. The van der Waals surface area contributed by atoms with E-state index in [2.05, 4.69) is 9.97 Å². The fraction of sp³-hybridized carbons (Fsp3) is 0.606. The fourth-order valence-electron chi connectivity index (χ4n) is 7.22. The lowest BCUT2D eigenvalue weighted by Crippen LogP contribution is -2.48. The second-order valence-corrected chi connectivity index (χ2v) is 13.7. The summed E-state index contributed by atoms with van der Waals surface area (Å²) in [4.78, 5) is 50.4. The molecule has 1 aromatic heterocycles. The number of rotatable bonds is 1. The van der Waals surface area contributed by atoms with Crippen molar-refractivity contribution < 1.29 is 37.4 Å². The number of hydrogen-bond acceptors (Lipinski definition) is 8. The average Bonchev–Trinajstić information content (AvgIpc) is 3.46. The summed E-state index contributed by atoms with van der Waals surface area (Å²) < 4.78 is 48.7. The van der Waals surface area contributed by atoms with Crippen LogP contribution in [-0.4, -0.2) is 64.6 Å². The first-order chi connectivity index (χ1) is 20.9. The van der Waals surface area contributed by atoms with Crippen molar-refractivity contribution in [2.75, 3.05) is 13.7 Å². The number of carbonyl (C=O) groups is 3. The van der Waals surface area contributed by atoms with Crippen molar-refractivity contribution in [1.82, 2.24) is 14.9 Å². The highest BCUT2D eigenvalue weighted by molar-refractivity contribution is 5.89. The van der Waals surface area contributed by atoms with E-state index in [0.29, 0.717) is 35.7 Å². The Morgan fingerprint density at radius 1 is 1.05 bits per heavy atom. The summed E-state index contributed by atoms with van der Waals surface area (Å²) in [5.41, 5.74) is -0.599. The molecule has 7 atom stereocenters. The minimum atomic E-state index is -3.51. The lowest BCUT2D eigenvalue weighted by atomic mass is 9.77. The molecular formula is C33H39F2N3O6. The van der Waals surface area contributed by atoms with Crippen LogP contribution in [0.15, 0.2) is 36.4 Å². The van der Waals surface area contributed by atoms with Crippen molar-refractivity contribution in [3.63, 3.8) is 0 Å². The van der Waals surface area contributed by atoms with Crippen LogP contribution in [0.5, 0.6) is 5.88 Å². The first-order valence-electron chi connectivity index (χ1n) is 15.4. The minimum absolute atomic E-state index is 0.00160. The Labute approximate surface area is 255 Å². The molecule has 1 amide bonds. The fourth-order valence-corrected chi connectivity index (χ4v) is 7.22. The van der Waals surface area contributed by atoms with Crippen LogP contribution in [0.1, 0.15) is 65.0 Å². The Kier molecular flexibility index (Phi) is 7.86. The van der Waals surface area contributed by atoms with Crippen molar-refractivity contribution >= 4 is 28.9 Å². The molecule has 2 bridgehead atoms. The van der Waals surface area contributed by atoms with Crippen molar-refractivity contribution in [3.05, 3.63) is 42.1 Å². The Morgan fingerprint density at radius 2 is 1.77 bits per heavy atom. The SMILES string of the molecule is COC(=O)[C@@H]1C[C@@H]2CN1C(=O)[C@H](C(C)(C)C)CC(=O)O[C@@H]1C[C@@H]3C[C@@H]3[C@H]1CC/C=C/C(F)(F)c1nc3ccccc3nc1O2. The maximum absolute atomic E-state index is 15.8. The van der Waals surface area contributed by atoms with E-state index in [-0.39, 0.29) is 37.3 Å². The number of aromatic nitrogens is 2. The standard InChI is InChI=1S/C33H39F2N3O6/c1-32(2,3)22-16-27(39)44-26-14-18-13-21(18)20(26)9-7-8-12-33(34,35)28-29(37-24-11-6-5-10-23(24)36-28)43-19-15-25(31(41)42-4)38(17-19)30(22)40/h5-6,8,10-12,18-22,25-26H,7,9,13-17H2,1-4H3/b12-8+/t18-,19+,20+,21-,22+,25-,26+/m0/s1. The Hall–Kier alpha value is -3.63. The Bertz CT molecular complexity index is 1490. The molecule has 9 nitrogen and oxygen atoms in total. The molecule has 3 fully saturated rings. The highest BCUT2D eigenvalue weighted by atomic mass is 19.3. The Balaban J connectivity index is 1.40. The molecule has 2 aromatic rings. The number of alkyl halides is 2. The number of para-hydroxylation sites is 2. The van der Waals surface area contributed by atoms with Gasteiger partial charge in [-0.15, -0.1) is 0 Å². The second kappa shape index (κ2) is 11.4. The van der Waals surface area contributed by atoms with Crippen LogP contribution < -0.4 is 4.74 Å². The van der Waals surface area contributed by atoms with Gasteiger partial charge in [0, 0.05) is 6.42 Å². The number of methoxy groups -OCH3 is 1. The largest absolute Gasteiger partial charge is 0.471 e. The highest BCUT2D eigenvalue weighted by Gasteiger charge is 2.55. The molecule has 0 radical (unpaired) electrons. The molecule has 4 aliphatic rings. The molecule has 1 aromatic carbocycles. The maximum atomic E-state index is 15.8. The summed E-state index contributed by atoms with van der Waals surface area (Å²) in [6.45, 7) is 5.52. The summed E-state index contributed by atoms with van der Waals surface area (Å²) in [5.74, 6) is -5.21. The molecule has 3 heterocycles. The van der Waals surface area contributed by atoms with Crippen LogP contribution in [0.2, 0.25) is 0 Å². The van der Waals surface area contributed by atoms with Gasteiger partial charge >= 0.3 is 17.9 Å². The molecule has 0 spiro atoms. The van der Waals surface area contributed by atoms with Crippen LogP contribution in [-0.2, 0) is 29.8 Å². The van der Waals surface area contributed by atoms with Gasteiger partial charge in [-0.05, 0) is 67.1 Å². The van der Waals surface area contributed by atoms with Crippen LogP contribution in [0.4, 0.5) is 8.78 Å². The number of benzene rings is 1. The normalized spacial score (nSPS) is 32.8. The molecule has 44 heavy (non-hydrogen) atoms. The van der Waals surface area contributed by atoms with Gasteiger partial charge in [-0.25, -0.2) is 14.8 Å². The molecule has 11 heteroatoms. The minimum Gasteiger partial charge on any atom is -0.471 e. The lowest BCUT2D eigenvalue weighted by Gasteiger charge is -2.34. The first-order valence-corrected chi connectivity index (χ1v) is 15.4. The number of fused-ring (bicyclic) bond motifs is 7. The van der Waals surface area contributed by atoms with Gasteiger partial charge in [0.25, 0.3) is 0 Å². The zero-order valence-electron chi connectivity index (χ0n) is 25.5. The smallest absolute Gasteiger partial charge is 0.328 e. The molecule has 2 saturated carbocycles. The highest BCUT2D eigenvalue weighted by Crippen LogP contribution is 2.58. The van der Waals surface area contributed by atoms with E-state index in [9.17, 15) is 14.4 Å². The third-order valence-corrected chi connectivity index (χ3v) is 9.68. The summed E-state index contributed by atoms with van der Waals surface area (Å²) in [7, 11) is 1.22. The number of amides is 1. The van der Waals surface area contributed by atoms with Crippen molar-refractivity contribution in [3.8, 4) is 5.88 Å². The molecule has 6 rings (SSSR count). The number of ether oxygens (including phenoxy) is 3. The van der Waals surface area contributed by atoms with Crippen LogP contribution in [0.25, 0.3) is 11.0 Å². The van der Waals surface area contributed by atoms with E-state index in [0.717, 1.165) is 18.9 Å². The van der Waals surface area contributed by atoms with Gasteiger partial charge in [0.15, 0.2) is 5.69 Å². The van der Waals surface area contributed by atoms with Crippen molar-refractivity contribution in [2.24, 2.45) is 29.1 Å². The second-order valence-electron chi connectivity index (χ2n) is 13.7. The topological polar surface area (TPSA) is 108 Å². The number of hydrogen-bond donors (Lipinski definition) is 0. The number of halogens is 2. The zero-order chi connectivity index (χ0) is 31.4. The third kappa shape index (κ3) is 5.89. The van der Waals surface area contributed by atoms with Gasteiger partial charge in [0.1, 0.15) is 18.2 Å². The maximum Gasteiger partial charge on any atom is 0.328 e. The number of carbonyl (C=O) groups excluding carboxylic acids is 3. The molecule has 1 saturated heterocycles. The summed E-state index contributed by atoms with van der Waals surface area (Å²) in [5, 5.41) is 0. The van der Waals surface area contributed by atoms with Crippen LogP contribution >= 0.6 is 0 Å². The summed E-state index contributed by atoms with van der Waals surface area (Å²) in [6.07, 6.45) is 3.79. The molecule has 236 valence electrons. The van der Waals surface area contributed by atoms with Gasteiger partial charge in [-0.2, -0.15) is 8.78 Å². The Morgan fingerprint density at radius 3 is 2.48 bits per heavy atom.